The molecule has 2 rings (SSSR count). The molecule has 146 valence electrons. The van der Waals surface area contributed by atoms with E-state index in [9.17, 15) is 4.79 Å². The number of benzene rings is 1. The number of aromatic nitrogens is 1. The Balaban J connectivity index is 0.00000338. The predicted octanol–water partition coefficient (Wildman–Crippen LogP) is 5.40. The fraction of sp³-hybridized carbons (Fsp3) is 0.579. The van der Waals surface area contributed by atoms with E-state index >= 15 is 0 Å². The topological polar surface area (TPSA) is 36.4 Å². The molecule has 0 saturated carbocycles. The number of likely N-dealkylation sites (N-methyl/N-ethyl adjacent to an activating group) is 1. The Morgan fingerprint density at radius 1 is 1.19 bits per heavy atom. The quantitative estimate of drug-likeness (QED) is 0.630. The van der Waals surface area contributed by atoms with Crippen LogP contribution in [0.5, 0.6) is 0 Å². The maximum atomic E-state index is 13.0. The molecule has 0 bridgehead atoms. The van der Waals surface area contributed by atoms with Crippen molar-refractivity contribution in [2.24, 2.45) is 5.41 Å². The van der Waals surface area contributed by atoms with E-state index in [0.717, 1.165) is 40.5 Å². The number of thiazole rings is 1. The molecule has 26 heavy (non-hydrogen) atoms. The first-order valence-electron chi connectivity index (χ1n) is 8.78. The van der Waals surface area contributed by atoms with Crippen LogP contribution in [0.2, 0.25) is 5.02 Å². The minimum atomic E-state index is -0.451. The van der Waals surface area contributed by atoms with E-state index in [1.165, 1.54) is 11.3 Å². The second-order valence-corrected chi connectivity index (χ2v) is 8.75. The van der Waals surface area contributed by atoms with Gasteiger partial charge in [-0.1, -0.05) is 57.6 Å². The lowest BCUT2D eigenvalue weighted by Gasteiger charge is -2.29. The number of nitrogens with zero attached hydrogens (tertiary/aromatic N) is 3. The van der Waals surface area contributed by atoms with E-state index in [2.05, 4.69) is 18.7 Å². The van der Waals surface area contributed by atoms with Crippen LogP contribution in [0.4, 0.5) is 5.13 Å². The first-order valence-corrected chi connectivity index (χ1v) is 9.97. The minimum Gasteiger partial charge on any atom is -0.302 e. The normalized spacial score (nSPS) is 11.7. The number of rotatable bonds is 6. The average Bonchev–Trinajstić information content (AvgIpc) is 2.94. The summed E-state index contributed by atoms with van der Waals surface area (Å²) in [6, 6.07) is 3.84. The molecular formula is C19H29Cl2N3OS. The van der Waals surface area contributed by atoms with Gasteiger partial charge in [0.05, 0.1) is 10.2 Å². The van der Waals surface area contributed by atoms with E-state index < -0.39 is 5.41 Å². The molecule has 0 unspecified atom stereocenters. The van der Waals surface area contributed by atoms with Crippen molar-refractivity contribution < 1.29 is 4.79 Å². The van der Waals surface area contributed by atoms with Gasteiger partial charge in [0, 0.05) is 23.5 Å². The summed E-state index contributed by atoms with van der Waals surface area (Å²) in [5.74, 6) is 0.0995. The Kier molecular flexibility index (Phi) is 8.33. The van der Waals surface area contributed by atoms with Gasteiger partial charge < -0.3 is 4.90 Å². The van der Waals surface area contributed by atoms with Crippen LogP contribution in [0.1, 0.15) is 40.2 Å². The molecule has 1 aromatic heterocycles. The number of fused-ring (bicyclic) bond motifs is 1. The van der Waals surface area contributed by atoms with Crippen LogP contribution < -0.4 is 4.90 Å². The Hall–Kier alpha value is -0.880. The van der Waals surface area contributed by atoms with Crippen LogP contribution in [0, 0.1) is 12.3 Å². The molecule has 0 fully saturated rings. The van der Waals surface area contributed by atoms with E-state index in [0.29, 0.717) is 11.6 Å². The van der Waals surface area contributed by atoms with Crippen molar-refractivity contribution in [2.75, 3.05) is 31.1 Å². The van der Waals surface area contributed by atoms with Crippen LogP contribution in [-0.2, 0) is 4.79 Å². The number of carbonyl (C=O) groups excluding carboxylic acids is 1. The van der Waals surface area contributed by atoms with Gasteiger partial charge in [0.15, 0.2) is 5.13 Å². The highest BCUT2D eigenvalue weighted by atomic mass is 35.5. The van der Waals surface area contributed by atoms with Gasteiger partial charge in [-0.2, -0.15) is 0 Å². The molecule has 0 N–H and O–H groups in total. The van der Waals surface area contributed by atoms with Crippen LogP contribution in [-0.4, -0.2) is 42.0 Å². The van der Waals surface area contributed by atoms with E-state index in [1.807, 2.05) is 44.7 Å². The number of anilines is 1. The van der Waals surface area contributed by atoms with Gasteiger partial charge in [0.2, 0.25) is 5.91 Å². The Labute approximate surface area is 171 Å². The van der Waals surface area contributed by atoms with Crippen molar-refractivity contribution in [1.29, 1.82) is 0 Å². The summed E-state index contributed by atoms with van der Waals surface area (Å²) in [5.41, 5.74) is 1.52. The monoisotopic (exact) mass is 417 g/mol. The van der Waals surface area contributed by atoms with Gasteiger partial charge in [-0.3, -0.25) is 9.69 Å². The number of hydrogen-bond acceptors (Lipinski definition) is 4. The average molecular weight is 418 g/mol. The molecule has 4 nitrogen and oxygen atoms in total. The van der Waals surface area contributed by atoms with E-state index in [-0.39, 0.29) is 18.3 Å². The van der Waals surface area contributed by atoms with Crippen molar-refractivity contribution >= 4 is 56.6 Å². The SMILES string of the molecule is CCN(CC)CCN(C(=O)C(C)(C)C)c1nc2c(C)cc(Cl)cc2s1.Cl. The fourth-order valence-corrected chi connectivity index (χ4v) is 4.17. The lowest BCUT2D eigenvalue weighted by Crippen LogP contribution is -2.44. The molecule has 0 saturated heterocycles. The molecular weight excluding hydrogens is 389 g/mol. The van der Waals surface area contributed by atoms with Crippen LogP contribution >= 0.6 is 35.3 Å². The minimum absolute atomic E-state index is 0. The molecule has 1 amide bonds. The van der Waals surface area contributed by atoms with Gasteiger partial charge in [0.25, 0.3) is 0 Å². The third-order valence-electron chi connectivity index (χ3n) is 4.29. The maximum absolute atomic E-state index is 13.0. The maximum Gasteiger partial charge on any atom is 0.234 e. The van der Waals surface area contributed by atoms with E-state index in [1.54, 1.807) is 0 Å². The second kappa shape index (κ2) is 9.36. The molecule has 0 aliphatic heterocycles. The number of halogens is 2. The highest BCUT2D eigenvalue weighted by Crippen LogP contribution is 2.34. The zero-order valence-corrected chi connectivity index (χ0v) is 18.8. The van der Waals surface area contributed by atoms with E-state index in [4.69, 9.17) is 16.6 Å². The predicted molar refractivity (Wildman–Crippen MR) is 116 cm³/mol. The van der Waals surface area contributed by atoms with Crippen molar-refractivity contribution in [3.63, 3.8) is 0 Å². The van der Waals surface area contributed by atoms with Gasteiger partial charge >= 0.3 is 0 Å². The lowest BCUT2D eigenvalue weighted by molar-refractivity contribution is -0.125. The Morgan fingerprint density at radius 3 is 2.35 bits per heavy atom. The smallest absolute Gasteiger partial charge is 0.234 e. The fourth-order valence-electron chi connectivity index (χ4n) is 2.73. The summed E-state index contributed by atoms with van der Waals surface area (Å²) in [6.45, 7) is 15.6. The molecule has 1 heterocycles. The second-order valence-electron chi connectivity index (χ2n) is 7.30. The zero-order valence-electron chi connectivity index (χ0n) is 16.4. The Bertz CT molecular complexity index is 751. The third-order valence-corrected chi connectivity index (χ3v) is 5.53. The first kappa shape index (κ1) is 23.2. The molecule has 0 atom stereocenters. The van der Waals surface area contributed by atoms with Gasteiger partial charge in [0.1, 0.15) is 0 Å². The van der Waals surface area contributed by atoms with Crippen molar-refractivity contribution in [3.05, 3.63) is 22.7 Å². The van der Waals surface area contributed by atoms with Gasteiger partial charge in [-0.05, 0) is 37.7 Å². The molecule has 0 spiro atoms. The van der Waals surface area contributed by atoms with Crippen LogP contribution in [0.3, 0.4) is 0 Å². The molecule has 0 aliphatic rings. The number of amides is 1. The van der Waals surface area contributed by atoms with Crippen LogP contribution in [0.15, 0.2) is 12.1 Å². The Morgan fingerprint density at radius 2 is 1.81 bits per heavy atom. The van der Waals surface area contributed by atoms with Crippen molar-refractivity contribution in [3.8, 4) is 0 Å². The summed E-state index contributed by atoms with van der Waals surface area (Å²) in [7, 11) is 0. The molecule has 1 aromatic carbocycles. The number of carbonyl (C=O) groups is 1. The largest absolute Gasteiger partial charge is 0.302 e. The summed E-state index contributed by atoms with van der Waals surface area (Å²) in [6.07, 6.45) is 0. The molecule has 0 aliphatic carbocycles. The van der Waals surface area contributed by atoms with Crippen molar-refractivity contribution in [1.82, 2.24) is 9.88 Å². The number of hydrogen-bond donors (Lipinski definition) is 0. The van der Waals surface area contributed by atoms with Crippen molar-refractivity contribution in [2.45, 2.75) is 41.5 Å². The third kappa shape index (κ3) is 5.32. The molecule has 0 radical (unpaired) electrons. The molecule has 7 heteroatoms. The van der Waals surface area contributed by atoms with Gasteiger partial charge in [-0.15, -0.1) is 12.4 Å². The summed E-state index contributed by atoms with van der Waals surface area (Å²) in [4.78, 5) is 22.0. The standard InChI is InChI=1S/C19H28ClN3OS.ClH/c1-7-22(8-2)9-10-23(17(24)19(4,5)6)18-21-16-13(3)11-14(20)12-15(16)25-18;/h11-12H,7-10H2,1-6H3;1H. The lowest BCUT2D eigenvalue weighted by atomic mass is 9.95. The number of aryl methyl sites for hydroxylation is 1. The summed E-state index contributed by atoms with van der Waals surface area (Å²) in [5, 5.41) is 1.46. The summed E-state index contributed by atoms with van der Waals surface area (Å²) >= 11 is 7.72. The first-order chi connectivity index (χ1) is 11.7. The van der Waals surface area contributed by atoms with Gasteiger partial charge in [-0.25, -0.2) is 4.98 Å². The highest BCUT2D eigenvalue weighted by molar-refractivity contribution is 7.22. The van der Waals surface area contributed by atoms with Crippen LogP contribution in [0.25, 0.3) is 10.2 Å². The summed E-state index contributed by atoms with van der Waals surface area (Å²) < 4.78 is 1.02. The highest BCUT2D eigenvalue weighted by Gasteiger charge is 2.30. The molecule has 2 aromatic rings. The zero-order chi connectivity index (χ0) is 18.8.